The van der Waals surface area contributed by atoms with Crippen LogP contribution >= 0.6 is 23.2 Å². The third-order valence-corrected chi connectivity index (χ3v) is 12.0. The van der Waals surface area contributed by atoms with Crippen molar-refractivity contribution >= 4 is 35.0 Å². The average molecular weight is 680 g/mol. The highest BCUT2D eigenvalue weighted by Gasteiger charge is 2.41. The van der Waals surface area contributed by atoms with E-state index < -0.39 is 0 Å². The molecule has 2 aliphatic carbocycles. The largest absolute Gasteiger partial charge is 0.466 e. The molecule has 2 atom stereocenters. The highest BCUT2D eigenvalue weighted by molar-refractivity contribution is 6.39. The minimum atomic E-state index is -0.0731. The van der Waals surface area contributed by atoms with Crippen LogP contribution in [0.2, 0.25) is 10.0 Å². The van der Waals surface area contributed by atoms with Gasteiger partial charge in [0.25, 0.3) is 0 Å². The Hall–Kier alpha value is -3.48. The number of fused-ring (bicyclic) bond motifs is 2. The quantitative estimate of drug-likeness (QED) is 0.174. The monoisotopic (exact) mass is 678 g/mol. The van der Waals surface area contributed by atoms with Crippen LogP contribution < -0.4 is 0 Å². The second-order valence-corrected chi connectivity index (χ2v) is 14.7. The van der Waals surface area contributed by atoms with E-state index in [1.165, 1.54) is 22.3 Å². The Morgan fingerprint density at radius 3 is 1.60 bits per heavy atom. The Kier molecular flexibility index (Phi) is 8.45. The van der Waals surface area contributed by atoms with Crippen molar-refractivity contribution in [3.63, 3.8) is 0 Å². The van der Waals surface area contributed by atoms with Crippen LogP contribution in [-0.4, -0.2) is 54.3 Å². The minimum absolute atomic E-state index is 0.00633. The molecule has 2 saturated heterocycles. The number of aryl methyl sites for hydroxylation is 2. The molecule has 2 fully saturated rings. The minimum Gasteiger partial charge on any atom is -0.466 e. The lowest BCUT2D eigenvalue weighted by Gasteiger charge is -2.42. The van der Waals surface area contributed by atoms with Gasteiger partial charge in [0.2, 0.25) is 0 Å². The molecule has 246 valence electrons. The Bertz CT molecular complexity index is 1930. The molecule has 0 bridgehead atoms. The van der Waals surface area contributed by atoms with E-state index in [1.54, 1.807) is 6.92 Å². The number of ether oxygens (including phenoxy) is 1. The summed E-state index contributed by atoms with van der Waals surface area (Å²) in [6, 6.07) is 26.6. The van der Waals surface area contributed by atoms with Crippen molar-refractivity contribution in [2.24, 2.45) is 11.8 Å². The van der Waals surface area contributed by atoms with E-state index in [1.807, 2.05) is 6.92 Å². The topological polar surface area (TPSA) is 49.9 Å². The van der Waals surface area contributed by atoms with E-state index in [9.17, 15) is 9.59 Å². The first-order valence-corrected chi connectivity index (χ1v) is 18.0. The Labute approximate surface area is 292 Å². The molecule has 0 amide bonds. The zero-order valence-electron chi connectivity index (χ0n) is 27.5. The average Bonchev–Trinajstić information content (AvgIpc) is 3.64. The second-order valence-electron chi connectivity index (χ2n) is 13.9. The molecule has 0 N–H and O–H groups in total. The Morgan fingerprint density at radius 2 is 1.15 bits per heavy atom. The molecule has 4 aromatic carbocycles. The van der Waals surface area contributed by atoms with E-state index in [0.717, 1.165) is 85.2 Å². The lowest BCUT2D eigenvalue weighted by atomic mass is 9.91. The molecule has 0 aromatic heterocycles. The van der Waals surface area contributed by atoms with Crippen LogP contribution in [0.25, 0.3) is 33.4 Å². The number of carbonyl (C=O) groups excluding carboxylic acids is 2. The van der Waals surface area contributed by atoms with Gasteiger partial charge in [-0.1, -0.05) is 96.0 Å². The van der Waals surface area contributed by atoms with Crippen molar-refractivity contribution in [2.75, 3.05) is 32.8 Å². The maximum Gasteiger partial charge on any atom is 0.311 e. The first-order valence-electron chi connectivity index (χ1n) is 17.3. The van der Waals surface area contributed by atoms with E-state index in [4.69, 9.17) is 27.9 Å². The van der Waals surface area contributed by atoms with Gasteiger partial charge in [-0.15, -0.1) is 0 Å². The van der Waals surface area contributed by atoms with Crippen molar-refractivity contribution in [2.45, 2.75) is 51.6 Å². The summed E-state index contributed by atoms with van der Waals surface area (Å²) >= 11 is 14.4. The van der Waals surface area contributed by atoms with Crippen LogP contribution in [0.5, 0.6) is 0 Å². The summed E-state index contributed by atoms with van der Waals surface area (Å²) in [5.41, 5.74) is 11.5. The number of esters is 1. The van der Waals surface area contributed by atoms with Gasteiger partial charge in [0.1, 0.15) is 5.78 Å². The first kappa shape index (κ1) is 31.8. The van der Waals surface area contributed by atoms with Gasteiger partial charge in [-0.25, -0.2) is 0 Å². The fraction of sp³-hybridized carbons (Fsp3) is 0.366. The molecule has 2 aliphatic heterocycles. The number of rotatable bonds is 8. The third-order valence-electron chi connectivity index (χ3n) is 11.2. The van der Waals surface area contributed by atoms with Gasteiger partial charge in [0.15, 0.2) is 0 Å². The zero-order valence-corrected chi connectivity index (χ0v) is 29.0. The van der Waals surface area contributed by atoms with Crippen LogP contribution in [0.3, 0.4) is 0 Å². The van der Waals surface area contributed by atoms with Crippen molar-refractivity contribution < 1.29 is 14.3 Å². The van der Waals surface area contributed by atoms with Crippen molar-refractivity contribution in [3.8, 4) is 33.4 Å². The molecule has 5 nitrogen and oxygen atoms in total. The highest BCUT2D eigenvalue weighted by Crippen LogP contribution is 2.46. The smallest absolute Gasteiger partial charge is 0.311 e. The number of hydrogen-bond donors (Lipinski definition) is 0. The number of benzene rings is 4. The van der Waals surface area contributed by atoms with Crippen molar-refractivity contribution in [1.29, 1.82) is 0 Å². The predicted molar refractivity (Wildman–Crippen MR) is 192 cm³/mol. The van der Waals surface area contributed by atoms with Gasteiger partial charge in [0, 0.05) is 66.4 Å². The van der Waals surface area contributed by atoms with Gasteiger partial charge >= 0.3 is 5.97 Å². The zero-order chi connectivity index (χ0) is 33.1. The van der Waals surface area contributed by atoms with Gasteiger partial charge < -0.3 is 4.74 Å². The normalized spacial score (nSPS) is 21.0. The molecular weight excluding hydrogens is 639 g/mol. The van der Waals surface area contributed by atoms with Gasteiger partial charge in [-0.2, -0.15) is 0 Å². The van der Waals surface area contributed by atoms with Crippen molar-refractivity contribution in [3.05, 3.63) is 105 Å². The number of likely N-dealkylation sites (tertiary alicyclic amines) is 2. The molecule has 8 rings (SSSR count). The van der Waals surface area contributed by atoms with Crippen LogP contribution in [0, 0.1) is 11.8 Å². The molecule has 48 heavy (non-hydrogen) atoms. The number of ketones is 1. The molecule has 4 aliphatic rings. The van der Waals surface area contributed by atoms with E-state index >= 15 is 0 Å². The SMILES string of the molecule is CCOC(=O)C1CN([C@@H]2CCc3cc(-c4cccc(-c5cccc(-c6ccc7c(c6)CC[C@H]7N6CC(C(C)=O)C6)c5Cl)c4Cl)ccc32)C1. The summed E-state index contributed by atoms with van der Waals surface area (Å²) in [7, 11) is 0. The summed E-state index contributed by atoms with van der Waals surface area (Å²) in [6.07, 6.45) is 4.20. The van der Waals surface area contributed by atoms with Crippen LogP contribution in [-0.2, 0) is 27.2 Å². The van der Waals surface area contributed by atoms with E-state index in [-0.39, 0.29) is 17.8 Å². The third kappa shape index (κ3) is 5.49. The summed E-state index contributed by atoms with van der Waals surface area (Å²) in [6.45, 7) is 7.29. The van der Waals surface area contributed by atoms with Gasteiger partial charge in [-0.05, 0) is 72.9 Å². The first-order chi connectivity index (χ1) is 23.3. The molecule has 0 spiro atoms. The van der Waals surface area contributed by atoms with Crippen LogP contribution in [0.15, 0.2) is 72.8 Å². The van der Waals surface area contributed by atoms with Crippen LogP contribution in [0.4, 0.5) is 0 Å². The highest BCUT2D eigenvalue weighted by atomic mass is 35.5. The standard InChI is InChI=1S/C41H40Cl2N2O3/c1-3-48-41(47)30-22-45(23-30)38-17-13-26-19-28(11-15-32(26)38)34-7-5-9-36(40(34)43)35-8-4-6-33(39(35)42)27-10-14-31-25(18-27)12-16-37(31)44-20-29(21-44)24(2)46/h4-11,14-15,18-19,29-30,37-38H,3,12-13,16-17,20-23H2,1-2H3/t37-,38-/m1/s1. The Balaban J connectivity index is 1.03. The fourth-order valence-corrected chi connectivity index (χ4v) is 9.08. The lowest BCUT2D eigenvalue weighted by molar-refractivity contribution is -0.155. The molecule has 0 radical (unpaired) electrons. The summed E-state index contributed by atoms with van der Waals surface area (Å²) in [5.74, 6) is 0.416. The van der Waals surface area contributed by atoms with Gasteiger partial charge in [0.05, 0.1) is 22.6 Å². The summed E-state index contributed by atoms with van der Waals surface area (Å²) < 4.78 is 5.22. The number of carbonyl (C=O) groups is 2. The molecule has 0 saturated carbocycles. The fourth-order valence-electron chi connectivity index (χ4n) is 8.41. The maximum absolute atomic E-state index is 12.1. The summed E-state index contributed by atoms with van der Waals surface area (Å²) in [4.78, 5) is 28.8. The second kappa shape index (κ2) is 12.8. The molecule has 0 unspecified atom stereocenters. The molecule has 2 heterocycles. The summed E-state index contributed by atoms with van der Waals surface area (Å²) in [5, 5.41) is 1.40. The molecule has 7 heteroatoms. The number of hydrogen-bond acceptors (Lipinski definition) is 5. The van der Waals surface area contributed by atoms with E-state index in [0.29, 0.717) is 34.5 Å². The maximum atomic E-state index is 12.1. The number of Topliss-reactive ketones (excluding diaryl/α,β-unsaturated/α-hetero) is 1. The van der Waals surface area contributed by atoms with E-state index in [2.05, 4.69) is 82.6 Å². The van der Waals surface area contributed by atoms with Crippen LogP contribution in [0.1, 0.15) is 61.0 Å². The Morgan fingerprint density at radius 1 is 0.688 bits per heavy atom. The van der Waals surface area contributed by atoms with Crippen molar-refractivity contribution in [1.82, 2.24) is 9.80 Å². The molecule has 4 aromatic rings. The predicted octanol–water partition coefficient (Wildman–Crippen LogP) is 8.98. The lowest BCUT2D eigenvalue weighted by Crippen LogP contribution is -2.51. The number of nitrogens with zero attached hydrogens (tertiary/aromatic N) is 2. The number of halogens is 2. The molecular formula is C41H40Cl2N2O3. The van der Waals surface area contributed by atoms with Gasteiger partial charge in [-0.3, -0.25) is 19.4 Å².